The van der Waals surface area contributed by atoms with Crippen molar-refractivity contribution in [1.82, 2.24) is 4.90 Å². The maximum atomic E-state index is 11.6. The van der Waals surface area contributed by atoms with Crippen molar-refractivity contribution in [2.45, 2.75) is 13.5 Å². The predicted octanol–water partition coefficient (Wildman–Crippen LogP) is 2.34. The fourth-order valence-electron chi connectivity index (χ4n) is 1.69. The third-order valence-electron chi connectivity index (χ3n) is 2.41. The zero-order valence-corrected chi connectivity index (χ0v) is 9.18. The summed E-state index contributed by atoms with van der Waals surface area (Å²) in [6, 6.07) is 3.94. The van der Waals surface area contributed by atoms with E-state index in [1.807, 2.05) is 26.1 Å². The first-order chi connectivity index (χ1) is 6.09. The lowest BCUT2D eigenvalue weighted by molar-refractivity contribution is 0.0816. The lowest BCUT2D eigenvalue weighted by Crippen LogP contribution is -2.17. The van der Waals surface area contributed by atoms with E-state index >= 15 is 0 Å². The second-order valence-electron chi connectivity index (χ2n) is 3.41. The molecule has 13 heavy (non-hydrogen) atoms. The van der Waals surface area contributed by atoms with Crippen molar-refractivity contribution in [3.63, 3.8) is 0 Å². The van der Waals surface area contributed by atoms with Crippen LogP contribution in [-0.2, 0) is 6.54 Å². The molecule has 2 rings (SSSR count). The van der Waals surface area contributed by atoms with Crippen LogP contribution in [0, 0.1) is 6.92 Å². The molecule has 68 valence electrons. The van der Waals surface area contributed by atoms with Gasteiger partial charge in [0.2, 0.25) is 0 Å². The Morgan fingerprint density at radius 2 is 2.15 bits per heavy atom. The van der Waals surface area contributed by atoms with E-state index in [0.717, 1.165) is 22.1 Å². The molecule has 0 N–H and O–H groups in total. The summed E-state index contributed by atoms with van der Waals surface area (Å²) in [7, 11) is 1.83. The van der Waals surface area contributed by atoms with E-state index in [9.17, 15) is 4.79 Å². The minimum absolute atomic E-state index is 0.124. The van der Waals surface area contributed by atoms with Crippen LogP contribution < -0.4 is 0 Å². The fraction of sp³-hybridized carbons (Fsp3) is 0.300. The minimum Gasteiger partial charge on any atom is -0.337 e. The quantitative estimate of drug-likeness (QED) is 0.681. The molecular formula is C10H10BrNO. The maximum Gasteiger partial charge on any atom is 0.254 e. The van der Waals surface area contributed by atoms with E-state index in [2.05, 4.69) is 15.9 Å². The molecule has 1 heterocycles. The molecule has 0 radical (unpaired) electrons. The monoisotopic (exact) mass is 239 g/mol. The van der Waals surface area contributed by atoms with Gasteiger partial charge in [0.25, 0.3) is 5.91 Å². The largest absolute Gasteiger partial charge is 0.337 e. The zero-order chi connectivity index (χ0) is 9.59. The highest BCUT2D eigenvalue weighted by Crippen LogP contribution is 2.27. The summed E-state index contributed by atoms with van der Waals surface area (Å²) < 4.78 is 0.979. The van der Waals surface area contributed by atoms with Crippen LogP contribution in [-0.4, -0.2) is 17.9 Å². The van der Waals surface area contributed by atoms with Gasteiger partial charge in [-0.15, -0.1) is 0 Å². The van der Waals surface area contributed by atoms with Crippen LogP contribution in [0.1, 0.15) is 21.5 Å². The van der Waals surface area contributed by atoms with Crippen molar-refractivity contribution in [3.8, 4) is 0 Å². The Kier molecular flexibility index (Phi) is 1.91. The Hall–Kier alpha value is -0.830. The molecule has 1 aliphatic rings. The third-order valence-corrected chi connectivity index (χ3v) is 2.87. The van der Waals surface area contributed by atoms with Crippen LogP contribution >= 0.6 is 15.9 Å². The van der Waals surface area contributed by atoms with Gasteiger partial charge in [0.15, 0.2) is 0 Å². The van der Waals surface area contributed by atoms with Gasteiger partial charge in [0.05, 0.1) is 0 Å². The summed E-state index contributed by atoms with van der Waals surface area (Å²) in [4.78, 5) is 13.3. The summed E-state index contributed by atoms with van der Waals surface area (Å²) >= 11 is 3.39. The Bertz CT molecular complexity index is 387. The van der Waals surface area contributed by atoms with E-state index in [1.165, 1.54) is 5.56 Å². The van der Waals surface area contributed by atoms with E-state index in [-0.39, 0.29) is 5.91 Å². The van der Waals surface area contributed by atoms with Crippen LogP contribution in [0.15, 0.2) is 16.6 Å². The number of halogens is 1. The van der Waals surface area contributed by atoms with Gasteiger partial charge in [0, 0.05) is 23.6 Å². The van der Waals surface area contributed by atoms with Gasteiger partial charge < -0.3 is 4.90 Å². The second-order valence-corrected chi connectivity index (χ2v) is 4.33. The number of hydrogen-bond acceptors (Lipinski definition) is 1. The van der Waals surface area contributed by atoms with Gasteiger partial charge in [-0.1, -0.05) is 15.9 Å². The van der Waals surface area contributed by atoms with Gasteiger partial charge in [-0.25, -0.2) is 0 Å². The average molecular weight is 240 g/mol. The average Bonchev–Trinajstić information content (AvgIpc) is 2.32. The van der Waals surface area contributed by atoms with Crippen LogP contribution in [0.4, 0.5) is 0 Å². The summed E-state index contributed by atoms with van der Waals surface area (Å²) in [6.45, 7) is 2.78. The summed E-state index contributed by atoms with van der Waals surface area (Å²) in [5.74, 6) is 0.124. The molecule has 0 saturated carbocycles. The molecular weight excluding hydrogens is 230 g/mol. The Balaban J connectivity index is 2.64. The minimum atomic E-state index is 0.124. The number of carbonyl (C=O) groups excluding carboxylic acids is 1. The van der Waals surface area contributed by atoms with Crippen molar-refractivity contribution in [2.75, 3.05) is 7.05 Å². The van der Waals surface area contributed by atoms with E-state index in [4.69, 9.17) is 0 Å². The number of rotatable bonds is 0. The van der Waals surface area contributed by atoms with E-state index < -0.39 is 0 Å². The normalized spacial score (nSPS) is 15.0. The number of carbonyl (C=O) groups is 1. The number of fused-ring (bicyclic) bond motifs is 1. The van der Waals surface area contributed by atoms with Gasteiger partial charge in [0.1, 0.15) is 0 Å². The van der Waals surface area contributed by atoms with Gasteiger partial charge in [-0.3, -0.25) is 4.79 Å². The lowest BCUT2D eigenvalue weighted by atomic mass is 10.1. The van der Waals surface area contributed by atoms with Crippen LogP contribution in [0.25, 0.3) is 0 Å². The molecule has 2 nitrogen and oxygen atoms in total. The first-order valence-electron chi connectivity index (χ1n) is 4.14. The highest BCUT2D eigenvalue weighted by Gasteiger charge is 2.25. The maximum absolute atomic E-state index is 11.6. The van der Waals surface area contributed by atoms with Gasteiger partial charge in [-0.2, -0.15) is 0 Å². The first kappa shape index (κ1) is 8.75. The molecule has 1 aliphatic heterocycles. The molecule has 0 bridgehead atoms. The van der Waals surface area contributed by atoms with Crippen LogP contribution in [0.2, 0.25) is 0 Å². The molecule has 0 fully saturated rings. The van der Waals surface area contributed by atoms with Crippen molar-refractivity contribution in [2.24, 2.45) is 0 Å². The van der Waals surface area contributed by atoms with Crippen molar-refractivity contribution in [3.05, 3.63) is 33.3 Å². The highest BCUT2D eigenvalue weighted by molar-refractivity contribution is 9.10. The predicted molar refractivity (Wildman–Crippen MR) is 54.7 cm³/mol. The molecule has 3 heteroatoms. The summed E-state index contributed by atoms with van der Waals surface area (Å²) in [6.07, 6.45) is 0. The van der Waals surface area contributed by atoms with Crippen molar-refractivity contribution in [1.29, 1.82) is 0 Å². The lowest BCUT2D eigenvalue weighted by Gasteiger charge is -2.05. The van der Waals surface area contributed by atoms with Crippen molar-refractivity contribution < 1.29 is 4.79 Å². The second kappa shape index (κ2) is 2.84. The SMILES string of the molecule is Cc1cc(Br)cc2c1CN(C)C2=O. The standard InChI is InChI=1S/C10H10BrNO/c1-6-3-7(11)4-8-9(6)5-12(2)10(8)13/h3-4H,5H2,1-2H3. The first-order valence-corrected chi connectivity index (χ1v) is 4.93. The summed E-state index contributed by atoms with van der Waals surface area (Å²) in [5, 5.41) is 0. The molecule has 0 aliphatic carbocycles. The fourth-order valence-corrected chi connectivity index (χ4v) is 2.26. The smallest absolute Gasteiger partial charge is 0.254 e. The molecule has 0 saturated heterocycles. The number of hydrogen-bond donors (Lipinski definition) is 0. The molecule has 0 spiro atoms. The zero-order valence-electron chi connectivity index (χ0n) is 7.60. The number of benzene rings is 1. The van der Waals surface area contributed by atoms with Crippen molar-refractivity contribution >= 4 is 21.8 Å². The number of amides is 1. The topological polar surface area (TPSA) is 20.3 Å². The van der Waals surface area contributed by atoms with E-state index in [1.54, 1.807) is 4.90 Å². The van der Waals surface area contributed by atoms with Gasteiger partial charge >= 0.3 is 0 Å². The Morgan fingerprint density at radius 3 is 2.85 bits per heavy atom. The van der Waals surface area contributed by atoms with E-state index in [0.29, 0.717) is 0 Å². The molecule has 0 aromatic heterocycles. The van der Waals surface area contributed by atoms with Gasteiger partial charge in [-0.05, 0) is 30.2 Å². The number of nitrogens with zero attached hydrogens (tertiary/aromatic N) is 1. The number of aryl methyl sites for hydroxylation is 1. The highest BCUT2D eigenvalue weighted by atomic mass is 79.9. The summed E-state index contributed by atoms with van der Waals surface area (Å²) in [5.41, 5.74) is 3.19. The molecule has 1 aromatic rings. The Morgan fingerprint density at radius 1 is 1.46 bits per heavy atom. The molecule has 1 amide bonds. The third kappa shape index (κ3) is 1.27. The van der Waals surface area contributed by atoms with Crippen LogP contribution in [0.3, 0.4) is 0 Å². The van der Waals surface area contributed by atoms with Crippen LogP contribution in [0.5, 0.6) is 0 Å². The molecule has 0 unspecified atom stereocenters. The molecule has 1 aromatic carbocycles. The molecule has 0 atom stereocenters. The Labute approximate surface area is 85.7 Å².